The van der Waals surface area contributed by atoms with Crippen molar-refractivity contribution in [2.75, 3.05) is 7.05 Å². The Morgan fingerprint density at radius 2 is 2.14 bits per heavy atom. The number of carbonyl (C=O) groups excluding carboxylic acids is 1. The smallest absolute Gasteiger partial charge is 0.254 e. The number of hydrogen-bond donors (Lipinski definition) is 0. The third-order valence-corrected chi connectivity index (χ3v) is 4.48. The maximum absolute atomic E-state index is 13.2. The second-order valence-electron chi connectivity index (χ2n) is 7.04. The lowest BCUT2D eigenvalue weighted by Gasteiger charge is -2.17. The largest absolute Gasteiger partial charge is 0.463 e. The quantitative estimate of drug-likeness (QED) is 0.523. The van der Waals surface area contributed by atoms with Crippen molar-refractivity contribution in [3.8, 4) is 11.5 Å². The number of aromatic nitrogens is 4. The van der Waals surface area contributed by atoms with Crippen LogP contribution in [0.2, 0.25) is 0 Å². The monoisotopic (exact) mass is 379 g/mol. The minimum absolute atomic E-state index is 0.107. The molecule has 0 aliphatic heterocycles. The highest BCUT2D eigenvalue weighted by atomic mass is 16.5. The van der Waals surface area contributed by atoms with Crippen molar-refractivity contribution >= 4 is 16.9 Å². The summed E-state index contributed by atoms with van der Waals surface area (Å²) in [4.78, 5) is 19.5. The van der Waals surface area contributed by atoms with Crippen LogP contribution < -0.4 is 0 Å². The molecule has 8 nitrogen and oxygen atoms in total. The van der Waals surface area contributed by atoms with Crippen molar-refractivity contribution in [3.63, 3.8) is 0 Å². The molecule has 4 aromatic rings. The average molecular weight is 379 g/mol. The van der Waals surface area contributed by atoms with E-state index in [9.17, 15) is 4.79 Å². The number of pyridine rings is 1. The predicted molar refractivity (Wildman–Crippen MR) is 103 cm³/mol. The van der Waals surface area contributed by atoms with Gasteiger partial charge in [0.15, 0.2) is 11.4 Å². The second kappa shape index (κ2) is 6.95. The van der Waals surface area contributed by atoms with Crippen molar-refractivity contribution in [2.45, 2.75) is 33.4 Å². The van der Waals surface area contributed by atoms with E-state index in [4.69, 9.17) is 13.9 Å². The first-order valence-electron chi connectivity index (χ1n) is 9.04. The Labute approximate surface area is 161 Å². The molecular weight excluding hydrogens is 358 g/mol. The van der Waals surface area contributed by atoms with Crippen LogP contribution in [0.25, 0.3) is 22.5 Å². The molecule has 144 valence electrons. The standard InChI is InChI=1S/C20H21N5O3/c1-12(2)25-19-16(10-21-25)15(9-17(22-19)18-6-5-7-27-18)20(26)24(4)11-14-8-13(3)28-23-14/h5-10,12H,11H2,1-4H3. The van der Waals surface area contributed by atoms with Crippen LogP contribution in [0, 0.1) is 6.92 Å². The number of hydrogen-bond acceptors (Lipinski definition) is 6. The molecule has 0 N–H and O–H groups in total. The first-order valence-corrected chi connectivity index (χ1v) is 9.04. The molecule has 4 heterocycles. The molecule has 0 atom stereocenters. The summed E-state index contributed by atoms with van der Waals surface area (Å²) < 4.78 is 12.4. The van der Waals surface area contributed by atoms with Crippen LogP contribution in [-0.4, -0.2) is 37.8 Å². The van der Waals surface area contributed by atoms with Crippen LogP contribution in [0.1, 0.15) is 41.7 Å². The summed E-state index contributed by atoms with van der Waals surface area (Å²) in [6.07, 6.45) is 3.27. The first-order chi connectivity index (χ1) is 13.4. The van der Waals surface area contributed by atoms with E-state index in [1.54, 1.807) is 41.2 Å². The van der Waals surface area contributed by atoms with Crippen LogP contribution in [0.5, 0.6) is 0 Å². The molecule has 0 spiro atoms. The van der Waals surface area contributed by atoms with Crippen LogP contribution in [-0.2, 0) is 6.54 Å². The predicted octanol–water partition coefficient (Wildman–Crippen LogP) is 3.84. The Morgan fingerprint density at radius 3 is 2.79 bits per heavy atom. The number of aryl methyl sites for hydroxylation is 1. The molecule has 1 amide bonds. The molecule has 0 aromatic carbocycles. The molecular formula is C20H21N5O3. The number of amides is 1. The molecule has 4 aromatic heterocycles. The van der Waals surface area contributed by atoms with Crippen LogP contribution in [0.4, 0.5) is 0 Å². The van der Waals surface area contributed by atoms with E-state index in [-0.39, 0.29) is 11.9 Å². The Balaban J connectivity index is 1.79. The average Bonchev–Trinajstić information content (AvgIpc) is 3.40. The third kappa shape index (κ3) is 3.17. The van der Waals surface area contributed by atoms with Crippen LogP contribution >= 0.6 is 0 Å². The molecule has 0 aliphatic rings. The van der Waals surface area contributed by atoms with Crippen molar-refractivity contribution < 1.29 is 13.7 Å². The normalized spacial score (nSPS) is 11.5. The fourth-order valence-electron chi connectivity index (χ4n) is 3.14. The van der Waals surface area contributed by atoms with Crippen molar-refractivity contribution in [1.82, 2.24) is 24.8 Å². The number of rotatable bonds is 5. The van der Waals surface area contributed by atoms with E-state index in [1.807, 2.05) is 32.9 Å². The zero-order valence-electron chi connectivity index (χ0n) is 16.2. The van der Waals surface area contributed by atoms with E-state index in [0.29, 0.717) is 46.0 Å². The molecule has 0 fully saturated rings. The van der Waals surface area contributed by atoms with Crippen molar-refractivity contribution in [2.24, 2.45) is 0 Å². The summed E-state index contributed by atoms with van der Waals surface area (Å²) in [7, 11) is 1.73. The molecule has 0 unspecified atom stereocenters. The van der Waals surface area contributed by atoms with Crippen molar-refractivity contribution in [3.05, 3.63) is 53.7 Å². The molecule has 28 heavy (non-hydrogen) atoms. The molecule has 0 aliphatic carbocycles. The maximum Gasteiger partial charge on any atom is 0.254 e. The van der Waals surface area contributed by atoms with Gasteiger partial charge in [-0.1, -0.05) is 5.16 Å². The topological polar surface area (TPSA) is 90.2 Å². The van der Waals surface area contributed by atoms with Gasteiger partial charge in [-0.2, -0.15) is 5.10 Å². The van der Waals surface area contributed by atoms with Gasteiger partial charge in [0.25, 0.3) is 5.91 Å². The highest BCUT2D eigenvalue weighted by Gasteiger charge is 2.22. The maximum atomic E-state index is 13.2. The number of nitrogens with zero attached hydrogens (tertiary/aromatic N) is 5. The summed E-state index contributed by atoms with van der Waals surface area (Å²) in [5, 5.41) is 9.11. The fourth-order valence-corrected chi connectivity index (χ4v) is 3.14. The van der Waals surface area contributed by atoms with Gasteiger partial charge >= 0.3 is 0 Å². The SMILES string of the molecule is Cc1cc(CN(C)C(=O)c2cc(-c3ccco3)nc3c2cnn3C(C)C)no1. The lowest BCUT2D eigenvalue weighted by Crippen LogP contribution is -2.26. The first kappa shape index (κ1) is 18.0. The fraction of sp³-hybridized carbons (Fsp3) is 0.300. The zero-order chi connectivity index (χ0) is 19.8. The molecule has 4 rings (SSSR count). The summed E-state index contributed by atoms with van der Waals surface area (Å²) in [5.74, 6) is 1.16. The van der Waals surface area contributed by atoms with Gasteiger partial charge in [0.2, 0.25) is 0 Å². The highest BCUT2D eigenvalue weighted by Crippen LogP contribution is 2.27. The van der Waals surface area contributed by atoms with E-state index in [1.165, 1.54) is 0 Å². The second-order valence-corrected chi connectivity index (χ2v) is 7.04. The molecule has 0 bridgehead atoms. The number of carbonyl (C=O) groups is 1. The molecule has 0 saturated carbocycles. The Morgan fingerprint density at radius 1 is 1.32 bits per heavy atom. The zero-order valence-corrected chi connectivity index (χ0v) is 16.2. The molecule has 0 radical (unpaired) electrons. The minimum atomic E-state index is -0.149. The van der Waals surface area contributed by atoms with Gasteiger partial charge in [-0.05, 0) is 39.0 Å². The molecule has 8 heteroatoms. The van der Waals surface area contributed by atoms with Gasteiger partial charge in [-0.25, -0.2) is 9.67 Å². The number of furan rings is 1. The summed E-state index contributed by atoms with van der Waals surface area (Å²) >= 11 is 0. The van der Waals surface area contributed by atoms with Crippen LogP contribution in [0.15, 0.2) is 45.7 Å². The van der Waals surface area contributed by atoms with Gasteiger partial charge in [-0.15, -0.1) is 0 Å². The lowest BCUT2D eigenvalue weighted by atomic mass is 10.1. The van der Waals surface area contributed by atoms with Crippen molar-refractivity contribution in [1.29, 1.82) is 0 Å². The highest BCUT2D eigenvalue weighted by molar-refractivity contribution is 6.06. The van der Waals surface area contributed by atoms with Crippen LogP contribution in [0.3, 0.4) is 0 Å². The van der Waals surface area contributed by atoms with Gasteiger partial charge in [0.1, 0.15) is 17.1 Å². The van der Waals surface area contributed by atoms with Gasteiger partial charge in [0.05, 0.1) is 30.0 Å². The summed E-state index contributed by atoms with van der Waals surface area (Å²) in [5.41, 5.74) is 2.46. The number of fused-ring (bicyclic) bond motifs is 1. The van der Waals surface area contributed by atoms with E-state index < -0.39 is 0 Å². The van der Waals surface area contributed by atoms with E-state index in [2.05, 4.69) is 10.3 Å². The minimum Gasteiger partial charge on any atom is -0.463 e. The van der Waals surface area contributed by atoms with E-state index >= 15 is 0 Å². The molecule has 0 saturated heterocycles. The summed E-state index contributed by atoms with van der Waals surface area (Å²) in [6, 6.07) is 7.29. The third-order valence-electron chi connectivity index (χ3n) is 4.48. The van der Waals surface area contributed by atoms with Gasteiger partial charge in [-0.3, -0.25) is 4.79 Å². The Bertz CT molecular complexity index is 1120. The van der Waals surface area contributed by atoms with E-state index in [0.717, 1.165) is 0 Å². The Hall–Kier alpha value is -3.42. The Kier molecular flexibility index (Phi) is 4.46. The van der Waals surface area contributed by atoms with Gasteiger partial charge in [0, 0.05) is 19.2 Å². The summed E-state index contributed by atoms with van der Waals surface area (Å²) in [6.45, 7) is 6.21. The lowest BCUT2D eigenvalue weighted by molar-refractivity contribution is 0.0784. The van der Waals surface area contributed by atoms with Gasteiger partial charge < -0.3 is 13.8 Å².